The van der Waals surface area contributed by atoms with Crippen LogP contribution >= 0.6 is 0 Å². The normalized spacial score (nSPS) is 15.5. The van der Waals surface area contributed by atoms with Crippen LogP contribution in [0.2, 0.25) is 0 Å². The Labute approximate surface area is 149 Å². The molecule has 0 aromatic heterocycles. The summed E-state index contributed by atoms with van der Waals surface area (Å²) in [7, 11) is 0. The molecule has 0 saturated carbocycles. The molecule has 1 aliphatic rings. The standard InChI is InChI=1S/C22H37NO/c1-2-3-4-5-6-7-8-9-10-11-12-13-14-15-16-19-22(24)23-20-17-18-21-23/h6-7,9-10,15-16H,2-5,8,11-14,17-21H2,1H3/b7-6-,10-9-,16-15-. The molecule has 0 aromatic carbocycles. The maximum Gasteiger partial charge on any atom is 0.226 e. The van der Waals surface area contributed by atoms with E-state index >= 15 is 0 Å². The van der Waals surface area contributed by atoms with Crippen LogP contribution in [0.15, 0.2) is 36.5 Å². The fourth-order valence-electron chi connectivity index (χ4n) is 2.94. The van der Waals surface area contributed by atoms with Crippen LogP contribution in [-0.2, 0) is 4.79 Å². The van der Waals surface area contributed by atoms with Crippen molar-refractivity contribution in [3.8, 4) is 0 Å². The molecular weight excluding hydrogens is 294 g/mol. The smallest absolute Gasteiger partial charge is 0.226 e. The Hall–Kier alpha value is -1.31. The van der Waals surface area contributed by atoms with E-state index in [0.717, 1.165) is 25.9 Å². The Bertz CT molecular complexity index is 389. The van der Waals surface area contributed by atoms with Gasteiger partial charge in [-0.1, -0.05) is 56.2 Å². The minimum Gasteiger partial charge on any atom is -0.342 e. The quantitative estimate of drug-likeness (QED) is 0.291. The van der Waals surface area contributed by atoms with Gasteiger partial charge < -0.3 is 4.90 Å². The Balaban J connectivity index is 1.88. The van der Waals surface area contributed by atoms with Gasteiger partial charge in [-0.3, -0.25) is 4.79 Å². The van der Waals surface area contributed by atoms with E-state index in [4.69, 9.17) is 0 Å². The van der Waals surface area contributed by atoms with Crippen molar-refractivity contribution in [1.29, 1.82) is 0 Å². The van der Waals surface area contributed by atoms with Crippen molar-refractivity contribution in [2.24, 2.45) is 0 Å². The molecule has 1 saturated heterocycles. The zero-order valence-corrected chi connectivity index (χ0v) is 15.7. The van der Waals surface area contributed by atoms with Crippen LogP contribution in [0.3, 0.4) is 0 Å². The van der Waals surface area contributed by atoms with Gasteiger partial charge in [-0.05, 0) is 57.8 Å². The molecule has 0 bridgehead atoms. The van der Waals surface area contributed by atoms with Gasteiger partial charge in [0, 0.05) is 19.5 Å². The summed E-state index contributed by atoms with van der Waals surface area (Å²) in [5, 5.41) is 0. The first-order valence-corrected chi connectivity index (χ1v) is 10.1. The van der Waals surface area contributed by atoms with Gasteiger partial charge in [0.25, 0.3) is 0 Å². The van der Waals surface area contributed by atoms with E-state index in [1.54, 1.807) is 0 Å². The molecule has 1 aliphatic heterocycles. The molecule has 1 amide bonds. The van der Waals surface area contributed by atoms with Crippen LogP contribution in [0.5, 0.6) is 0 Å². The molecule has 24 heavy (non-hydrogen) atoms. The van der Waals surface area contributed by atoms with Crippen molar-refractivity contribution in [2.75, 3.05) is 13.1 Å². The minimum absolute atomic E-state index is 0.300. The fourth-order valence-corrected chi connectivity index (χ4v) is 2.94. The number of hydrogen-bond donors (Lipinski definition) is 0. The summed E-state index contributed by atoms with van der Waals surface area (Å²) in [5.74, 6) is 0.300. The lowest BCUT2D eigenvalue weighted by Gasteiger charge is -2.13. The van der Waals surface area contributed by atoms with Crippen molar-refractivity contribution in [3.05, 3.63) is 36.5 Å². The Kier molecular flexibility index (Phi) is 13.2. The second-order valence-corrected chi connectivity index (χ2v) is 6.72. The average molecular weight is 332 g/mol. The second kappa shape index (κ2) is 15.2. The van der Waals surface area contributed by atoms with E-state index < -0.39 is 0 Å². The maximum atomic E-state index is 11.8. The summed E-state index contributed by atoms with van der Waals surface area (Å²) in [5.41, 5.74) is 0. The van der Waals surface area contributed by atoms with E-state index in [9.17, 15) is 4.79 Å². The maximum absolute atomic E-state index is 11.8. The monoisotopic (exact) mass is 331 g/mol. The molecule has 0 aromatic rings. The van der Waals surface area contributed by atoms with Crippen LogP contribution < -0.4 is 0 Å². The highest BCUT2D eigenvalue weighted by Crippen LogP contribution is 2.09. The van der Waals surface area contributed by atoms with E-state index in [0.29, 0.717) is 12.3 Å². The van der Waals surface area contributed by atoms with Gasteiger partial charge in [-0.15, -0.1) is 0 Å². The third kappa shape index (κ3) is 11.3. The summed E-state index contributed by atoms with van der Waals surface area (Å²) in [6, 6.07) is 0. The number of nitrogens with zero attached hydrogens (tertiary/aromatic N) is 1. The van der Waals surface area contributed by atoms with Crippen LogP contribution in [0.1, 0.15) is 84.0 Å². The number of amides is 1. The first-order chi connectivity index (χ1) is 11.8. The van der Waals surface area contributed by atoms with E-state index in [1.807, 2.05) is 4.90 Å². The summed E-state index contributed by atoms with van der Waals surface area (Å²) in [6.07, 6.45) is 27.4. The van der Waals surface area contributed by atoms with Crippen molar-refractivity contribution < 1.29 is 4.79 Å². The molecule has 1 heterocycles. The van der Waals surface area contributed by atoms with Crippen molar-refractivity contribution >= 4 is 5.91 Å². The first kappa shape index (κ1) is 20.7. The molecule has 1 fully saturated rings. The predicted octanol–water partition coefficient (Wildman–Crippen LogP) is 6.20. The van der Waals surface area contributed by atoms with Gasteiger partial charge in [-0.25, -0.2) is 0 Å². The lowest BCUT2D eigenvalue weighted by Crippen LogP contribution is -2.26. The van der Waals surface area contributed by atoms with Crippen LogP contribution in [0, 0.1) is 0 Å². The second-order valence-electron chi connectivity index (χ2n) is 6.72. The number of carbonyl (C=O) groups excluding carboxylic acids is 1. The Morgan fingerprint density at radius 2 is 1.33 bits per heavy atom. The highest BCUT2D eigenvalue weighted by atomic mass is 16.2. The van der Waals surface area contributed by atoms with Gasteiger partial charge in [0.1, 0.15) is 0 Å². The molecule has 136 valence electrons. The molecule has 1 rings (SSSR count). The summed E-state index contributed by atoms with van der Waals surface area (Å²) in [4.78, 5) is 13.8. The molecule has 0 radical (unpaired) electrons. The number of carbonyl (C=O) groups is 1. The molecule has 0 atom stereocenters. The number of allylic oxidation sites excluding steroid dienone is 5. The predicted molar refractivity (Wildman–Crippen MR) is 105 cm³/mol. The lowest BCUT2D eigenvalue weighted by atomic mass is 10.1. The highest BCUT2D eigenvalue weighted by Gasteiger charge is 2.15. The zero-order chi connectivity index (χ0) is 17.3. The molecule has 0 unspecified atom stereocenters. The van der Waals surface area contributed by atoms with Crippen LogP contribution in [-0.4, -0.2) is 23.9 Å². The lowest BCUT2D eigenvalue weighted by molar-refractivity contribution is -0.129. The van der Waals surface area contributed by atoms with Gasteiger partial charge in [0.2, 0.25) is 5.91 Å². The minimum atomic E-state index is 0.300. The summed E-state index contributed by atoms with van der Waals surface area (Å²) >= 11 is 0. The zero-order valence-electron chi connectivity index (χ0n) is 15.7. The average Bonchev–Trinajstić information content (AvgIpc) is 3.13. The summed E-state index contributed by atoms with van der Waals surface area (Å²) in [6.45, 7) is 4.18. The Morgan fingerprint density at radius 1 is 0.792 bits per heavy atom. The van der Waals surface area contributed by atoms with Crippen LogP contribution in [0.25, 0.3) is 0 Å². The number of unbranched alkanes of at least 4 members (excludes halogenated alkanes) is 6. The molecule has 0 spiro atoms. The third-order valence-corrected chi connectivity index (χ3v) is 4.49. The van der Waals surface area contributed by atoms with Crippen LogP contribution in [0.4, 0.5) is 0 Å². The number of rotatable bonds is 13. The molecule has 0 N–H and O–H groups in total. The van der Waals surface area contributed by atoms with E-state index in [1.165, 1.54) is 57.8 Å². The van der Waals surface area contributed by atoms with Gasteiger partial charge in [0.05, 0.1) is 0 Å². The van der Waals surface area contributed by atoms with E-state index in [-0.39, 0.29) is 0 Å². The largest absolute Gasteiger partial charge is 0.342 e. The Morgan fingerprint density at radius 3 is 1.92 bits per heavy atom. The highest BCUT2D eigenvalue weighted by molar-refractivity contribution is 5.77. The topological polar surface area (TPSA) is 20.3 Å². The number of likely N-dealkylation sites (tertiary alicyclic amines) is 1. The van der Waals surface area contributed by atoms with Crippen molar-refractivity contribution in [3.63, 3.8) is 0 Å². The molecule has 0 aliphatic carbocycles. The third-order valence-electron chi connectivity index (χ3n) is 4.49. The van der Waals surface area contributed by atoms with Gasteiger partial charge in [0.15, 0.2) is 0 Å². The fraction of sp³-hybridized carbons (Fsp3) is 0.682. The number of hydrogen-bond acceptors (Lipinski definition) is 1. The SMILES string of the molecule is CCCCC/C=C\C/C=C\CCCC/C=C\CC(=O)N1CCCC1. The van der Waals surface area contributed by atoms with Crippen molar-refractivity contribution in [2.45, 2.75) is 84.0 Å². The summed E-state index contributed by atoms with van der Waals surface area (Å²) < 4.78 is 0. The van der Waals surface area contributed by atoms with Gasteiger partial charge >= 0.3 is 0 Å². The molecule has 2 heteroatoms. The molecular formula is C22H37NO. The van der Waals surface area contributed by atoms with E-state index in [2.05, 4.69) is 43.4 Å². The first-order valence-electron chi connectivity index (χ1n) is 10.1. The van der Waals surface area contributed by atoms with Crippen molar-refractivity contribution in [1.82, 2.24) is 4.90 Å². The van der Waals surface area contributed by atoms with Gasteiger partial charge in [-0.2, -0.15) is 0 Å². The molecule has 2 nitrogen and oxygen atoms in total.